The number of carbonyl (C=O) groups is 3. The molecule has 0 saturated carbocycles. The first-order valence-corrected chi connectivity index (χ1v) is 32.3. The van der Waals surface area contributed by atoms with Crippen molar-refractivity contribution in [3.05, 3.63) is 60.8 Å². The molecular weight excluding hydrogens is 913 g/mol. The second-order valence-corrected chi connectivity index (χ2v) is 21.7. The summed E-state index contributed by atoms with van der Waals surface area (Å²) in [7, 11) is 0. The first kappa shape index (κ1) is 71.1. The van der Waals surface area contributed by atoms with Crippen molar-refractivity contribution < 1.29 is 28.6 Å². The Balaban J connectivity index is 4.38. The third kappa shape index (κ3) is 60.0. The van der Waals surface area contributed by atoms with E-state index in [0.717, 1.165) is 89.9 Å². The summed E-state index contributed by atoms with van der Waals surface area (Å²) in [4.78, 5) is 38.3. The van der Waals surface area contributed by atoms with E-state index in [-0.39, 0.29) is 31.1 Å². The average Bonchev–Trinajstić information content (AvgIpc) is 3.40. The van der Waals surface area contributed by atoms with Gasteiger partial charge in [-0.15, -0.1) is 0 Å². The maximum atomic E-state index is 12.9. The quantitative estimate of drug-likeness (QED) is 0.0261. The molecule has 0 aliphatic rings. The zero-order valence-corrected chi connectivity index (χ0v) is 49.4. The number of esters is 3. The van der Waals surface area contributed by atoms with Crippen molar-refractivity contribution in [3.8, 4) is 0 Å². The number of rotatable bonds is 59. The van der Waals surface area contributed by atoms with Gasteiger partial charge in [0.25, 0.3) is 0 Å². The lowest BCUT2D eigenvalue weighted by atomic mass is 10.0. The third-order valence-corrected chi connectivity index (χ3v) is 14.2. The summed E-state index contributed by atoms with van der Waals surface area (Å²) in [6.07, 6.45) is 79.3. The van der Waals surface area contributed by atoms with Crippen molar-refractivity contribution in [2.75, 3.05) is 13.2 Å². The number of hydrogen-bond acceptors (Lipinski definition) is 6. The van der Waals surface area contributed by atoms with Gasteiger partial charge in [-0.1, -0.05) is 287 Å². The van der Waals surface area contributed by atoms with E-state index in [9.17, 15) is 14.4 Å². The lowest BCUT2D eigenvalue weighted by molar-refractivity contribution is -0.167. The summed E-state index contributed by atoms with van der Waals surface area (Å²) in [5.41, 5.74) is 0. The molecule has 0 amide bonds. The van der Waals surface area contributed by atoms with Gasteiger partial charge in [-0.25, -0.2) is 0 Å². The highest BCUT2D eigenvalue weighted by atomic mass is 16.6. The van der Waals surface area contributed by atoms with Crippen molar-refractivity contribution in [3.63, 3.8) is 0 Å². The van der Waals surface area contributed by atoms with E-state index in [2.05, 4.69) is 81.5 Å². The monoisotopic (exact) mass is 1030 g/mol. The molecular formula is C68H122O6. The largest absolute Gasteiger partial charge is 0.462 e. The minimum Gasteiger partial charge on any atom is -0.462 e. The Kier molecular flexibility index (Phi) is 60.2. The van der Waals surface area contributed by atoms with E-state index in [4.69, 9.17) is 14.2 Å². The topological polar surface area (TPSA) is 78.9 Å². The van der Waals surface area contributed by atoms with Gasteiger partial charge in [-0.3, -0.25) is 14.4 Å². The Morgan fingerprint density at radius 2 is 0.486 bits per heavy atom. The van der Waals surface area contributed by atoms with Gasteiger partial charge in [-0.05, 0) is 89.9 Å². The zero-order chi connectivity index (χ0) is 53.6. The molecule has 0 aromatic heterocycles. The van der Waals surface area contributed by atoms with E-state index in [0.29, 0.717) is 19.3 Å². The van der Waals surface area contributed by atoms with Crippen molar-refractivity contribution >= 4 is 17.9 Å². The molecule has 6 heteroatoms. The van der Waals surface area contributed by atoms with Crippen LogP contribution in [0.1, 0.15) is 335 Å². The molecule has 74 heavy (non-hydrogen) atoms. The standard InChI is InChI=1S/C68H122O6/c1-4-7-10-13-16-19-22-25-28-31-33-34-35-38-40-43-46-49-52-55-58-61-67(70)73-64-65(63-72-66(69)60-57-54-51-48-45-42-39-36-30-27-24-21-18-15-12-9-6-3)74-68(71)62-59-56-53-50-47-44-41-37-32-29-26-23-20-17-14-11-8-5-2/h18,21-22,25,27,30-31,33,35,38,65H,4-17,19-20,23-24,26,28-29,32,34,36-37,39-64H2,1-3H3/b21-18-,25-22-,30-27-,33-31-,38-35-. The van der Waals surface area contributed by atoms with Gasteiger partial charge in [0, 0.05) is 19.3 Å². The second kappa shape index (κ2) is 62.6. The summed E-state index contributed by atoms with van der Waals surface area (Å²) >= 11 is 0. The first-order chi connectivity index (χ1) is 36.5. The molecule has 1 unspecified atom stereocenters. The van der Waals surface area contributed by atoms with Gasteiger partial charge in [0.15, 0.2) is 6.10 Å². The van der Waals surface area contributed by atoms with Gasteiger partial charge < -0.3 is 14.2 Å². The summed E-state index contributed by atoms with van der Waals surface area (Å²) < 4.78 is 16.9. The highest BCUT2D eigenvalue weighted by Gasteiger charge is 2.19. The normalized spacial score (nSPS) is 12.4. The molecule has 0 fully saturated rings. The molecule has 0 rings (SSSR count). The molecule has 0 heterocycles. The Hall–Kier alpha value is -2.89. The highest BCUT2D eigenvalue weighted by molar-refractivity contribution is 5.71. The molecule has 1 atom stereocenters. The fraction of sp³-hybridized carbons (Fsp3) is 0.809. The lowest BCUT2D eigenvalue weighted by Gasteiger charge is -2.18. The van der Waals surface area contributed by atoms with Gasteiger partial charge >= 0.3 is 17.9 Å². The van der Waals surface area contributed by atoms with Crippen molar-refractivity contribution in [1.29, 1.82) is 0 Å². The van der Waals surface area contributed by atoms with E-state index < -0.39 is 6.10 Å². The van der Waals surface area contributed by atoms with Crippen molar-refractivity contribution in [2.45, 2.75) is 341 Å². The maximum absolute atomic E-state index is 12.9. The number of ether oxygens (including phenoxy) is 3. The van der Waals surface area contributed by atoms with Crippen LogP contribution in [-0.4, -0.2) is 37.2 Å². The number of carbonyl (C=O) groups excluding carboxylic acids is 3. The minimum absolute atomic E-state index is 0.0798. The lowest BCUT2D eigenvalue weighted by Crippen LogP contribution is -2.30. The van der Waals surface area contributed by atoms with E-state index in [1.807, 2.05) is 0 Å². The first-order valence-electron chi connectivity index (χ1n) is 32.3. The maximum Gasteiger partial charge on any atom is 0.306 e. The van der Waals surface area contributed by atoms with Gasteiger partial charge in [0.05, 0.1) is 0 Å². The molecule has 0 aromatic rings. The zero-order valence-electron chi connectivity index (χ0n) is 49.4. The van der Waals surface area contributed by atoms with Crippen molar-refractivity contribution in [2.24, 2.45) is 0 Å². The molecule has 0 N–H and O–H groups in total. The van der Waals surface area contributed by atoms with Crippen LogP contribution in [0.3, 0.4) is 0 Å². The van der Waals surface area contributed by atoms with E-state index >= 15 is 0 Å². The van der Waals surface area contributed by atoms with Gasteiger partial charge in [-0.2, -0.15) is 0 Å². The molecule has 0 aromatic carbocycles. The van der Waals surface area contributed by atoms with Crippen LogP contribution in [0.2, 0.25) is 0 Å². The number of hydrogen-bond donors (Lipinski definition) is 0. The molecule has 0 saturated heterocycles. The fourth-order valence-corrected chi connectivity index (χ4v) is 9.36. The summed E-state index contributed by atoms with van der Waals surface area (Å²) in [5, 5.41) is 0. The van der Waals surface area contributed by atoms with Crippen LogP contribution in [0.15, 0.2) is 60.8 Å². The molecule has 0 radical (unpaired) electrons. The SMILES string of the molecule is CCCCC/C=C\C/C=C\CCCCCCCCCC(=O)OCC(COC(=O)CCCCCCCC/C=C\C/C=C\C/C=C\CCCCCCC)OC(=O)CCCCCCCCCCCCCCCCCCCC. The highest BCUT2D eigenvalue weighted by Crippen LogP contribution is 2.17. The smallest absolute Gasteiger partial charge is 0.306 e. The predicted molar refractivity (Wildman–Crippen MR) is 321 cm³/mol. The molecule has 0 aliphatic carbocycles. The Bertz CT molecular complexity index is 1330. The van der Waals surface area contributed by atoms with Crippen LogP contribution in [0, 0.1) is 0 Å². The van der Waals surface area contributed by atoms with Crippen molar-refractivity contribution in [1.82, 2.24) is 0 Å². The van der Waals surface area contributed by atoms with Gasteiger partial charge in [0.2, 0.25) is 0 Å². The van der Waals surface area contributed by atoms with Crippen LogP contribution < -0.4 is 0 Å². The summed E-state index contributed by atoms with van der Waals surface area (Å²) in [6, 6.07) is 0. The summed E-state index contributed by atoms with van der Waals surface area (Å²) in [6.45, 7) is 6.64. The third-order valence-electron chi connectivity index (χ3n) is 14.2. The Labute approximate surface area is 460 Å². The van der Waals surface area contributed by atoms with Crippen LogP contribution in [0.25, 0.3) is 0 Å². The van der Waals surface area contributed by atoms with Crippen LogP contribution in [-0.2, 0) is 28.6 Å². The second-order valence-electron chi connectivity index (χ2n) is 21.7. The predicted octanol–water partition coefficient (Wildman–Crippen LogP) is 21.9. The molecule has 0 bridgehead atoms. The van der Waals surface area contributed by atoms with E-state index in [1.165, 1.54) is 205 Å². The Morgan fingerprint density at radius 3 is 0.784 bits per heavy atom. The average molecular weight is 1040 g/mol. The number of allylic oxidation sites excluding steroid dienone is 10. The van der Waals surface area contributed by atoms with Crippen LogP contribution in [0.4, 0.5) is 0 Å². The van der Waals surface area contributed by atoms with Crippen LogP contribution >= 0.6 is 0 Å². The fourth-order valence-electron chi connectivity index (χ4n) is 9.36. The molecule has 430 valence electrons. The molecule has 0 spiro atoms. The van der Waals surface area contributed by atoms with Gasteiger partial charge in [0.1, 0.15) is 13.2 Å². The minimum atomic E-state index is -0.783. The molecule has 0 aliphatic heterocycles. The van der Waals surface area contributed by atoms with E-state index in [1.54, 1.807) is 0 Å². The van der Waals surface area contributed by atoms with Crippen LogP contribution in [0.5, 0.6) is 0 Å². The summed E-state index contributed by atoms with van der Waals surface area (Å²) in [5.74, 6) is -0.880. The Morgan fingerprint density at radius 1 is 0.270 bits per heavy atom. The number of unbranched alkanes of at least 4 members (excludes halogenated alkanes) is 38. The molecule has 6 nitrogen and oxygen atoms in total.